The van der Waals surface area contributed by atoms with Crippen LogP contribution in [0.2, 0.25) is 0 Å². The fraction of sp³-hybridized carbons (Fsp3) is 0.818. The van der Waals surface area contributed by atoms with Gasteiger partial charge < -0.3 is 0 Å². The fourth-order valence-corrected chi connectivity index (χ4v) is 1.74. The molecule has 0 heteroatoms. The van der Waals surface area contributed by atoms with Gasteiger partial charge in [0.2, 0.25) is 0 Å². The van der Waals surface area contributed by atoms with Gasteiger partial charge in [0, 0.05) is 0 Å². The SMILES string of the molecule is C/C1=C(\C)CCCCCCC1. The molecule has 1 aliphatic rings. The van der Waals surface area contributed by atoms with Crippen LogP contribution in [0.4, 0.5) is 0 Å². The zero-order valence-corrected chi connectivity index (χ0v) is 7.95. The molecule has 0 saturated heterocycles. The molecule has 0 aromatic carbocycles. The predicted molar refractivity (Wildman–Crippen MR) is 50.7 cm³/mol. The second-order valence-corrected chi connectivity index (χ2v) is 3.83. The molecule has 0 spiro atoms. The van der Waals surface area contributed by atoms with Crippen LogP contribution in [0.3, 0.4) is 0 Å². The summed E-state index contributed by atoms with van der Waals surface area (Å²) < 4.78 is 0. The van der Waals surface area contributed by atoms with Crippen molar-refractivity contribution in [2.45, 2.75) is 58.8 Å². The van der Waals surface area contributed by atoms with E-state index in [4.69, 9.17) is 0 Å². The highest BCUT2D eigenvalue weighted by atomic mass is 14.1. The highest BCUT2D eigenvalue weighted by molar-refractivity contribution is 5.09. The molecule has 0 N–H and O–H groups in total. The van der Waals surface area contributed by atoms with Crippen molar-refractivity contribution < 1.29 is 0 Å². The maximum atomic E-state index is 2.31. The van der Waals surface area contributed by atoms with Gasteiger partial charge in [0.05, 0.1) is 0 Å². The van der Waals surface area contributed by atoms with E-state index in [-0.39, 0.29) is 0 Å². The largest absolute Gasteiger partial charge is 0.0744 e. The molecule has 11 heavy (non-hydrogen) atoms. The van der Waals surface area contributed by atoms with Gasteiger partial charge in [0.25, 0.3) is 0 Å². The summed E-state index contributed by atoms with van der Waals surface area (Å²) in [5, 5.41) is 0. The van der Waals surface area contributed by atoms with Crippen molar-refractivity contribution in [3.8, 4) is 0 Å². The van der Waals surface area contributed by atoms with E-state index in [1.807, 2.05) is 0 Å². The summed E-state index contributed by atoms with van der Waals surface area (Å²) in [6.45, 7) is 4.61. The van der Waals surface area contributed by atoms with Crippen molar-refractivity contribution >= 4 is 0 Å². The zero-order valence-electron chi connectivity index (χ0n) is 7.95. The predicted octanol–water partition coefficient (Wildman–Crippen LogP) is 4.07. The van der Waals surface area contributed by atoms with Gasteiger partial charge in [-0.05, 0) is 39.5 Å². The van der Waals surface area contributed by atoms with Crippen molar-refractivity contribution in [2.24, 2.45) is 0 Å². The Morgan fingerprint density at radius 3 is 1.45 bits per heavy atom. The first-order valence-electron chi connectivity index (χ1n) is 4.96. The highest BCUT2D eigenvalue weighted by Gasteiger charge is 2.01. The summed E-state index contributed by atoms with van der Waals surface area (Å²) in [6.07, 6.45) is 9.90. The minimum atomic E-state index is 1.35. The highest BCUT2D eigenvalue weighted by Crippen LogP contribution is 2.21. The molecule has 0 amide bonds. The van der Waals surface area contributed by atoms with Crippen LogP contribution in [0, 0.1) is 0 Å². The van der Waals surface area contributed by atoms with Crippen LogP contribution in [0.25, 0.3) is 0 Å². The average molecular weight is 152 g/mol. The molecule has 1 aliphatic carbocycles. The Bertz CT molecular complexity index is 126. The average Bonchev–Trinajstić information content (AvgIpc) is 2.07. The van der Waals surface area contributed by atoms with Crippen LogP contribution in [-0.2, 0) is 0 Å². The lowest BCUT2D eigenvalue weighted by atomic mass is 10.0. The molecule has 0 aromatic heterocycles. The molecule has 0 aromatic rings. The van der Waals surface area contributed by atoms with Crippen LogP contribution in [0.1, 0.15) is 58.8 Å². The lowest BCUT2D eigenvalue weighted by molar-refractivity contribution is 0.627. The molecule has 0 fully saturated rings. The van der Waals surface area contributed by atoms with Crippen molar-refractivity contribution in [3.05, 3.63) is 11.1 Å². The van der Waals surface area contributed by atoms with Gasteiger partial charge in [-0.1, -0.05) is 30.4 Å². The Morgan fingerprint density at radius 1 is 0.636 bits per heavy atom. The lowest BCUT2D eigenvalue weighted by Gasteiger charge is -2.03. The Balaban J connectivity index is 2.47. The van der Waals surface area contributed by atoms with Gasteiger partial charge in [0.1, 0.15) is 0 Å². The van der Waals surface area contributed by atoms with Gasteiger partial charge in [-0.15, -0.1) is 0 Å². The smallest absolute Gasteiger partial charge is 0.0320 e. The van der Waals surface area contributed by atoms with E-state index in [1.54, 1.807) is 11.1 Å². The van der Waals surface area contributed by atoms with Crippen LogP contribution in [-0.4, -0.2) is 0 Å². The number of hydrogen-bond donors (Lipinski definition) is 0. The van der Waals surface area contributed by atoms with Crippen LogP contribution in [0.15, 0.2) is 11.1 Å². The maximum Gasteiger partial charge on any atom is -0.0320 e. The van der Waals surface area contributed by atoms with E-state index >= 15 is 0 Å². The van der Waals surface area contributed by atoms with E-state index in [9.17, 15) is 0 Å². The molecule has 0 saturated carbocycles. The van der Waals surface area contributed by atoms with Gasteiger partial charge >= 0.3 is 0 Å². The second kappa shape index (κ2) is 4.58. The summed E-state index contributed by atoms with van der Waals surface area (Å²) in [6, 6.07) is 0. The first kappa shape index (κ1) is 8.83. The monoisotopic (exact) mass is 152 g/mol. The summed E-state index contributed by atoms with van der Waals surface area (Å²) in [4.78, 5) is 0. The molecular formula is C11H20. The normalized spacial score (nSPS) is 28.9. The topological polar surface area (TPSA) is 0 Å². The van der Waals surface area contributed by atoms with Crippen molar-refractivity contribution in [3.63, 3.8) is 0 Å². The van der Waals surface area contributed by atoms with Gasteiger partial charge in [-0.25, -0.2) is 0 Å². The number of allylic oxidation sites excluding steroid dienone is 2. The quantitative estimate of drug-likeness (QED) is 0.459. The minimum Gasteiger partial charge on any atom is -0.0744 e. The Labute approximate surface area is 70.7 Å². The van der Waals surface area contributed by atoms with Gasteiger partial charge in [0.15, 0.2) is 0 Å². The molecule has 1 rings (SSSR count). The molecule has 0 atom stereocenters. The molecule has 0 heterocycles. The van der Waals surface area contributed by atoms with Crippen LogP contribution >= 0.6 is 0 Å². The van der Waals surface area contributed by atoms with Crippen molar-refractivity contribution in [1.82, 2.24) is 0 Å². The molecule has 0 radical (unpaired) electrons. The van der Waals surface area contributed by atoms with Gasteiger partial charge in [-0.2, -0.15) is 0 Å². The van der Waals surface area contributed by atoms with E-state index in [0.29, 0.717) is 0 Å². The lowest BCUT2D eigenvalue weighted by Crippen LogP contribution is -1.83. The van der Waals surface area contributed by atoms with Crippen LogP contribution in [0.5, 0.6) is 0 Å². The number of hydrogen-bond acceptors (Lipinski definition) is 0. The maximum absolute atomic E-state index is 2.31. The molecule has 64 valence electrons. The third-order valence-corrected chi connectivity index (χ3v) is 2.83. The van der Waals surface area contributed by atoms with E-state index in [1.165, 1.54) is 44.9 Å². The third kappa shape index (κ3) is 3.09. The zero-order chi connectivity index (χ0) is 8.10. The summed E-state index contributed by atoms with van der Waals surface area (Å²) in [7, 11) is 0. The number of rotatable bonds is 0. The second-order valence-electron chi connectivity index (χ2n) is 3.83. The Kier molecular flexibility index (Phi) is 3.68. The summed E-state index contributed by atoms with van der Waals surface area (Å²) >= 11 is 0. The van der Waals surface area contributed by atoms with E-state index in [0.717, 1.165) is 0 Å². The Morgan fingerprint density at radius 2 is 1.00 bits per heavy atom. The molecule has 0 unspecified atom stereocenters. The standard InChI is InChI=1S/C11H20/c1-10-8-6-4-3-5-7-9-11(10)2/h3-9H2,1-2H3/b11-10-. The first-order chi connectivity index (χ1) is 5.30. The molecule has 0 nitrogen and oxygen atoms in total. The Hall–Kier alpha value is -0.260. The van der Waals surface area contributed by atoms with E-state index < -0.39 is 0 Å². The molecule has 0 aliphatic heterocycles. The van der Waals surface area contributed by atoms with Crippen molar-refractivity contribution in [2.75, 3.05) is 0 Å². The van der Waals surface area contributed by atoms with Crippen LogP contribution < -0.4 is 0 Å². The van der Waals surface area contributed by atoms with E-state index in [2.05, 4.69) is 13.8 Å². The summed E-state index contributed by atoms with van der Waals surface area (Å²) in [5.41, 5.74) is 3.32. The van der Waals surface area contributed by atoms with Crippen molar-refractivity contribution in [1.29, 1.82) is 0 Å². The summed E-state index contributed by atoms with van der Waals surface area (Å²) in [5.74, 6) is 0. The molecular weight excluding hydrogens is 132 g/mol. The molecule has 0 bridgehead atoms. The first-order valence-corrected chi connectivity index (χ1v) is 4.96. The minimum absolute atomic E-state index is 1.35. The fourth-order valence-electron chi connectivity index (χ4n) is 1.74. The third-order valence-electron chi connectivity index (χ3n) is 2.83. The van der Waals surface area contributed by atoms with Gasteiger partial charge in [-0.3, -0.25) is 0 Å².